The van der Waals surface area contributed by atoms with Crippen molar-refractivity contribution in [2.45, 2.75) is 59.2 Å². The Labute approximate surface area is 84.3 Å². The highest BCUT2D eigenvalue weighted by Gasteiger charge is 2.37. The Kier molecular flexibility index (Phi) is 4.23. The lowest BCUT2D eigenvalue weighted by molar-refractivity contribution is 0.424. The van der Waals surface area contributed by atoms with Crippen LogP contribution in [0.15, 0.2) is 11.8 Å². The van der Waals surface area contributed by atoms with Crippen molar-refractivity contribution in [2.75, 3.05) is 0 Å². The van der Waals surface area contributed by atoms with Crippen molar-refractivity contribution in [1.82, 2.24) is 0 Å². The van der Waals surface area contributed by atoms with E-state index in [1.54, 1.807) is 0 Å². The van der Waals surface area contributed by atoms with Gasteiger partial charge in [-0.2, -0.15) is 0 Å². The van der Waals surface area contributed by atoms with Crippen molar-refractivity contribution in [3.63, 3.8) is 0 Å². The van der Waals surface area contributed by atoms with Gasteiger partial charge >= 0.3 is 0 Å². The van der Waals surface area contributed by atoms with Crippen LogP contribution < -0.4 is 0 Å². The fraction of sp³-hybridized carbons (Fsp3) is 0.818. The zero-order chi connectivity index (χ0) is 10.7. The predicted molar refractivity (Wildman–Crippen MR) is 62.3 cm³/mol. The Balaban J connectivity index is 4.36. The van der Waals surface area contributed by atoms with Gasteiger partial charge in [0.25, 0.3) is 0 Å². The molecule has 0 rings (SSSR count). The van der Waals surface area contributed by atoms with Gasteiger partial charge in [0.2, 0.25) is 8.32 Å². The van der Waals surface area contributed by atoms with Crippen molar-refractivity contribution >= 4 is 8.32 Å². The fourth-order valence-electron chi connectivity index (χ4n) is 0.508. The zero-order valence-corrected chi connectivity index (χ0v) is 11.2. The first-order chi connectivity index (χ1) is 5.70. The van der Waals surface area contributed by atoms with Crippen molar-refractivity contribution < 1.29 is 4.43 Å². The summed E-state index contributed by atoms with van der Waals surface area (Å²) in [5.41, 5.74) is 1.32. The van der Waals surface area contributed by atoms with Crippen LogP contribution in [0.3, 0.4) is 0 Å². The van der Waals surface area contributed by atoms with E-state index in [9.17, 15) is 0 Å². The minimum atomic E-state index is -1.56. The molecule has 0 aromatic rings. The molecule has 0 aliphatic rings. The topological polar surface area (TPSA) is 9.23 Å². The molecule has 0 unspecified atom stereocenters. The van der Waals surface area contributed by atoms with Crippen molar-refractivity contribution in [3.05, 3.63) is 11.8 Å². The molecule has 0 spiro atoms. The Morgan fingerprint density at radius 3 is 2.08 bits per heavy atom. The molecule has 0 saturated heterocycles. The lowest BCUT2D eigenvalue weighted by Crippen LogP contribution is -2.39. The third kappa shape index (κ3) is 3.99. The second-order valence-electron chi connectivity index (χ2n) is 5.20. The molecule has 0 fully saturated rings. The lowest BCUT2D eigenvalue weighted by Gasteiger charge is -2.35. The van der Waals surface area contributed by atoms with Gasteiger partial charge in [-0.25, -0.2) is 0 Å². The quantitative estimate of drug-likeness (QED) is 0.487. The third-order valence-corrected chi connectivity index (χ3v) is 7.24. The maximum absolute atomic E-state index is 5.92. The number of rotatable bonds is 3. The lowest BCUT2D eigenvalue weighted by atomic mass is 10.2. The third-order valence-electron chi connectivity index (χ3n) is 2.92. The molecule has 0 aromatic carbocycles. The summed E-state index contributed by atoms with van der Waals surface area (Å²) in [4.78, 5) is 0. The van der Waals surface area contributed by atoms with Gasteiger partial charge in [0.05, 0.1) is 6.26 Å². The smallest absolute Gasteiger partial charge is 0.249 e. The fourth-order valence-corrected chi connectivity index (χ4v) is 1.36. The molecule has 0 amide bonds. The van der Waals surface area contributed by atoms with E-state index in [2.05, 4.69) is 47.7 Å². The van der Waals surface area contributed by atoms with Crippen LogP contribution in [0.1, 0.15) is 41.0 Å². The van der Waals surface area contributed by atoms with Crippen LogP contribution in [0.4, 0.5) is 0 Å². The predicted octanol–water partition coefficient (Wildman–Crippen LogP) is 4.32. The Morgan fingerprint density at radius 1 is 1.31 bits per heavy atom. The van der Waals surface area contributed by atoms with E-state index in [1.165, 1.54) is 5.57 Å². The maximum Gasteiger partial charge on any atom is 0.249 e. The molecule has 0 bridgehead atoms. The van der Waals surface area contributed by atoms with Crippen LogP contribution in [0.2, 0.25) is 18.1 Å². The van der Waals surface area contributed by atoms with E-state index in [0.29, 0.717) is 5.04 Å². The first-order valence-electron chi connectivity index (χ1n) is 5.04. The Bertz CT molecular complexity index is 187. The average Bonchev–Trinajstić information content (AvgIpc) is 1.98. The summed E-state index contributed by atoms with van der Waals surface area (Å²) in [5, 5.41) is 0.303. The van der Waals surface area contributed by atoms with Crippen molar-refractivity contribution in [2.24, 2.45) is 0 Å². The number of allylic oxidation sites excluding steroid dienone is 1. The monoisotopic (exact) mass is 200 g/mol. The molecule has 78 valence electrons. The van der Waals surface area contributed by atoms with E-state index in [1.807, 2.05) is 6.26 Å². The molecule has 0 saturated carbocycles. The highest BCUT2D eigenvalue weighted by atomic mass is 28.4. The molecule has 0 aliphatic carbocycles. The second-order valence-corrected chi connectivity index (χ2v) is 9.95. The maximum atomic E-state index is 5.92. The van der Waals surface area contributed by atoms with E-state index < -0.39 is 8.32 Å². The van der Waals surface area contributed by atoms with E-state index in [-0.39, 0.29) is 0 Å². The molecule has 0 aromatic heterocycles. The van der Waals surface area contributed by atoms with E-state index in [0.717, 1.165) is 6.42 Å². The van der Waals surface area contributed by atoms with Crippen molar-refractivity contribution in [3.8, 4) is 0 Å². The van der Waals surface area contributed by atoms with Crippen LogP contribution in [0.5, 0.6) is 0 Å². The molecule has 0 N–H and O–H groups in total. The molecule has 0 aliphatic heterocycles. The molecule has 2 heteroatoms. The summed E-state index contributed by atoms with van der Waals surface area (Å²) in [5.74, 6) is 0. The van der Waals surface area contributed by atoms with Gasteiger partial charge in [-0.1, -0.05) is 27.7 Å². The van der Waals surface area contributed by atoms with Gasteiger partial charge in [-0.05, 0) is 37.0 Å². The van der Waals surface area contributed by atoms with Gasteiger partial charge in [-0.3, -0.25) is 0 Å². The van der Waals surface area contributed by atoms with E-state index in [4.69, 9.17) is 4.43 Å². The minimum Gasteiger partial charge on any atom is -0.549 e. The van der Waals surface area contributed by atoms with Crippen LogP contribution in [0, 0.1) is 0 Å². The normalized spacial score (nSPS) is 14.5. The molecular weight excluding hydrogens is 176 g/mol. The molecular formula is C11H24OSi. The summed E-state index contributed by atoms with van der Waals surface area (Å²) in [7, 11) is -1.56. The van der Waals surface area contributed by atoms with Crippen LogP contribution in [0.25, 0.3) is 0 Å². The highest BCUT2D eigenvalue weighted by Crippen LogP contribution is 2.36. The number of hydrogen-bond acceptors (Lipinski definition) is 1. The molecule has 1 nitrogen and oxygen atoms in total. The van der Waals surface area contributed by atoms with Crippen LogP contribution in [-0.2, 0) is 4.43 Å². The van der Waals surface area contributed by atoms with Crippen molar-refractivity contribution in [1.29, 1.82) is 0 Å². The highest BCUT2D eigenvalue weighted by molar-refractivity contribution is 6.74. The summed E-state index contributed by atoms with van der Waals surface area (Å²) in [6.45, 7) is 15.6. The number of hydrogen-bond donors (Lipinski definition) is 0. The van der Waals surface area contributed by atoms with Gasteiger partial charge in [0.15, 0.2) is 0 Å². The summed E-state index contributed by atoms with van der Waals surface area (Å²) in [6, 6.07) is 0. The van der Waals surface area contributed by atoms with Crippen LogP contribution in [-0.4, -0.2) is 8.32 Å². The molecule has 0 radical (unpaired) electrons. The van der Waals surface area contributed by atoms with E-state index >= 15 is 0 Å². The molecule has 0 atom stereocenters. The standard InChI is InChI=1S/C11H24OSi/c1-8-10(2)9-12-13(6,7)11(3,4)5/h9H,8H2,1-7H3/b10-9-. The zero-order valence-electron chi connectivity index (χ0n) is 10.2. The Hall–Kier alpha value is -0.243. The summed E-state index contributed by atoms with van der Waals surface area (Å²) >= 11 is 0. The SMILES string of the molecule is CC/C(C)=C\O[Si](C)(C)C(C)(C)C. The van der Waals surface area contributed by atoms with Gasteiger partial charge in [-0.15, -0.1) is 0 Å². The first kappa shape index (κ1) is 12.8. The van der Waals surface area contributed by atoms with Gasteiger partial charge in [0, 0.05) is 0 Å². The Morgan fingerprint density at radius 2 is 1.77 bits per heavy atom. The summed E-state index contributed by atoms with van der Waals surface area (Å²) < 4.78 is 5.92. The van der Waals surface area contributed by atoms with Gasteiger partial charge in [0.1, 0.15) is 0 Å². The largest absolute Gasteiger partial charge is 0.549 e. The second kappa shape index (κ2) is 4.31. The van der Waals surface area contributed by atoms with Gasteiger partial charge < -0.3 is 4.43 Å². The van der Waals surface area contributed by atoms with Crippen LogP contribution >= 0.6 is 0 Å². The average molecular weight is 200 g/mol. The minimum absolute atomic E-state index is 0.303. The molecule has 13 heavy (non-hydrogen) atoms. The molecule has 0 heterocycles. The first-order valence-corrected chi connectivity index (χ1v) is 7.95. The summed E-state index contributed by atoms with van der Waals surface area (Å²) in [6.07, 6.45) is 3.03.